The van der Waals surface area contributed by atoms with E-state index < -0.39 is 0 Å². The van der Waals surface area contributed by atoms with E-state index in [4.69, 9.17) is 23.2 Å². The molecule has 0 saturated heterocycles. The number of rotatable bonds is 7. The van der Waals surface area contributed by atoms with Gasteiger partial charge in [-0.25, -0.2) is 0 Å². The highest BCUT2D eigenvalue weighted by Crippen LogP contribution is 2.29. The van der Waals surface area contributed by atoms with E-state index in [0.29, 0.717) is 12.3 Å². The number of carbonyl (C=O) groups excluding carboxylic acids is 1. The molecule has 1 rings (SSSR count). The minimum absolute atomic E-state index is 0.0387. The SMILES string of the molecule is CCc1ccc(Cl)c(CC)c1NC(=O)CCCCCl. The van der Waals surface area contributed by atoms with Gasteiger partial charge in [-0.15, -0.1) is 11.6 Å². The van der Waals surface area contributed by atoms with Crippen LogP contribution in [0.4, 0.5) is 5.69 Å². The summed E-state index contributed by atoms with van der Waals surface area (Å²) in [5, 5.41) is 3.73. The third kappa shape index (κ3) is 4.70. The van der Waals surface area contributed by atoms with Gasteiger partial charge >= 0.3 is 0 Å². The number of hydrogen-bond donors (Lipinski definition) is 1. The van der Waals surface area contributed by atoms with Crippen LogP contribution in [0.3, 0.4) is 0 Å². The first-order valence-corrected chi connectivity index (χ1v) is 7.71. The number of anilines is 1. The van der Waals surface area contributed by atoms with Crippen LogP contribution in [0.1, 0.15) is 44.2 Å². The van der Waals surface area contributed by atoms with Crippen LogP contribution in [0.2, 0.25) is 5.02 Å². The molecule has 0 fully saturated rings. The molecule has 0 aliphatic rings. The molecule has 0 bridgehead atoms. The molecule has 0 aliphatic carbocycles. The fourth-order valence-corrected chi connectivity index (χ4v) is 2.53. The average molecular weight is 302 g/mol. The van der Waals surface area contributed by atoms with E-state index in [0.717, 1.165) is 47.5 Å². The molecule has 19 heavy (non-hydrogen) atoms. The third-order valence-electron chi connectivity index (χ3n) is 3.13. The predicted octanol–water partition coefficient (Wildman–Crippen LogP) is 4.81. The molecule has 0 atom stereocenters. The fraction of sp³-hybridized carbons (Fsp3) is 0.533. The lowest BCUT2D eigenvalue weighted by atomic mass is 10.0. The molecular formula is C15H21Cl2NO. The zero-order valence-electron chi connectivity index (χ0n) is 11.6. The summed E-state index contributed by atoms with van der Waals surface area (Å²) < 4.78 is 0. The first-order valence-electron chi connectivity index (χ1n) is 6.80. The summed E-state index contributed by atoms with van der Waals surface area (Å²) >= 11 is 11.8. The summed E-state index contributed by atoms with van der Waals surface area (Å²) in [6.07, 6.45) is 3.88. The molecular weight excluding hydrogens is 281 g/mol. The normalized spacial score (nSPS) is 10.5. The molecule has 0 heterocycles. The largest absolute Gasteiger partial charge is 0.326 e. The van der Waals surface area contributed by atoms with E-state index in [9.17, 15) is 4.79 Å². The van der Waals surface area contributed by atoms with Crippen LogP contribution in [-0.4, -0.2) is 11.8 Å². The summed E-state index contributed by atoms with van der Waals surface area (Å²) in [7, 11) is 0. The number of halogens is 2. The number of nitrogens with one attached hydrogen (secondary N) is 1. The Balaban J connectivity index is 2.86. The highest BCUT2D eigenvalue weighted by atomic mass is 35.5. The zero-order chi connectivity index (χ0) is 14.3. The van der Waals surface area contributed by atoms with Crippen LogP contribution < -0.4 is 5.32 Å². The second-order valence-electron chi connectivity index (χ2n) is 4.46. The van der Waals surface area contributed by atoms with Gasteiger partial charge in [-0.2, -0.15) is 0 Å². The van der Waals surface area contributed by atoms with E-state index in [1.165, 1.54) is 0 Å². The molecule has 0 radical (unpaired) electrons. The molecule has 0 aliphatic heterocycles. The van der Waals surface area contributed by atoms with Gasteiger partial charge in [-0.05, 0) is 42.9 Å². The van der Waals surface area contributed by atoms with Gasteiger partial charge in [0.25, 0.3) is 0 Å². The van der Waals surface area contributed by atoms with Gasteiger partial charge in [-0.3, -0.25) is 4.79 Å². The number of aryl methyl sites for hydroxylation is 1. The molecule has 0 unspecified atom stereocenters. The summed E-state index contributed by atoms with van der Waals surface area (Å²) in [5.74, 6) is 0.641. The van der Waals surface area contributed by atoms with Crippen LogP contribution >= 0.6 is 23.2 Å². The Morgan fingerprint density at radius 2 is 1.95 bits per heavy atom. The Bertz CT molecular complexity index is 432. The smallest absolute Gasteiger partial charge is 0.224 e. The number of unbranched alkanes of at least 4 members (excludes halogenated alkanes) is 1. The maximum atomic E-state index is 11.9. The molecule has 1 aromatic carbocycles. The van der Waals surface area contributed by atoms with Crippen molar-refractivity contribution >= 4 is 34.8 Å². The Kier molecular flexibility index (Phi) is 7.25. The van der Waals surface area contributed by atoms with Crippen molar-refractivity contribution in [1.29, 1.82) is 0 Å². The summed E-state index contributed by atoms with van der Waals surface area (Å²) in [5.41, 5.74) is 3.05. The summed E-state index contributed by atoms with van der Waals surface area (Å²) in [4.78, 5) is 11.9. The van der Waals surface area contributed by atoms with Gasteiger partial charge in [0.1, 0.15) is 0 Å². The van der Waals surface area contributed by atoms with Gasteiger partial charge < -0.3 is 5.32 Å². The Morgan fingerprint density at radius 3 is 2.53 bits per heavy atom. The van der Waals surface area contributed by atoms with E-state index in [1.54, 1.807) is 0 Å². The molecule has 0 aromatic heterocycles. The van der Waals surface area contributed by atoms with Crippen molar-refractivity contribution in [2.75, 3.05) is 11.2 Å². The standard InChI is InChI=1S/C15H21Cl2NO/c1-3-11-8-9-13(17)12(4-2)15(11)18-14(19)7-5-6-10-16/h8-9H,3-7,10H2,1-2H3,(H,18,19). The zero-order valence-corrected chi connectivity index (χ0v) is 13.1. The number of alkyl halides is 1. The van der Waals surface area contributed by atoms with Crippen molar-refractivity contribution < 1.29 is 4.79 Å². The number of amides is 1. The molecule has 1 N–H and O–H groups in total. The van der Waals surface area contributed by atoms with Gasteiger partial charge in [0.15, 0.2) is 0 Å². The van der Waals surface area contributed by atoms with Crippen LogP contribution in [0.25, 0.3) is 0 Å². The van der Waals surface area contributed by atoms with Gasteiger partial charge in [0, 0.05) is 23.0 Å². The van der Waals surface area contributed by atoms with Crippen molar-refractivity contribution in [2.24, 2.45) is 0 Å². The van der Waals surface area contributed by atoms with E-state index in [1.807, 2.05) is 19.1 Å². The average Bonchev–Trinajstić information content (AvgIpc) is 2.39. The summed E-state index contributed by atoms with van der Waals surface area (Å²) in [6.45, 7) is 4.12. The highest BCUT2D eigenvalue weighted by Gasteiger charge is 2.12. The first-order chi connectivity index (χ1) is 9.13. The maximum absolute atomic E-state index is 11.9. The lowest BCUT2D eigenvalue weighted by Gasteiger charge is -2.15. The number of benzene rings is 1. The van der Waals surface area contributed by atoms with Crippen molar-refractivity contribution in [3.63, 3.8) is 0 Å². The van der Waals surface area contributed by atoms with Gasteiger partial charge in [0.05, 0.1) is 0 Å². The third-order valence-corrected chi connectivity index (χ3v) is 3.75. The molecule has 0 saturated carbocycles. The second-order valence-corrected chi connectivity index (χ2v) is 5.25. The Labute approximate surface area is 125 Å². The maximum Gasteiger partial charge on any atom is 0.224 e. The molecule has 4 heteroatoms. The minimum Gasteiger partial charge on any atom is -0.326 e. The fourth-order valence-electron chi connectivity index (χ4n) is 2.05. The molecule has 1 aromatic rings. The molecule has 2 nitrogen and oxygen atoms in total. The van der Waals surface area contributed by atoms with Crippen molar-refractivity contribution in [3.05, 3.63) is 28.3 Å². The predicted molar refractivity (Wildman–Crippen MR) is 83.4 cm³/mol. The second kappa shape index (κ2) is 8.44. The molecule has 1 amide bonds. The minimum atomic E-state index is 0.0387. The molecule has 0 spiro atoms. The Morgan fingerprint density at radius 1 is 1.21 bits per heavy atom. The van der Waals surface area contributed by atoms with E-state index >= 15 is 0 Å². The van der Waals surface area contributed by atoms with Gasteiger partial charge in [0.2, 0.25) is 5.91 Å². The van der Waals surface area contributed by atoms with Crippen LogP contribution in [-0.2, 0) is 17.6 Å². The van der Waals surface area contributed by atoms with Crippen LogP contribution in [0.15, 0.2) is 12.1 Å². The lowest BCUT2D eigenvalue weighted by Crippen LogP contribution is -2.14. The highest BCUT2D eigenvalue weighted by molar-refractivity contribution is 6.32. The lowest BCUT2D eigenvalue weighted by molar-refractivity contribution is -0.116. The van der Waals surface area contributed by atoms with Crippen molar-refractivity contribution in [2.45, 2.75) is 46.0 Å². The van der Waals surface area contributed by atoms with Crippen molar-refractivity contribution in [1.82, 2.24) is 0 Å². The van der Waals surface area contributed by atoms with Crippen LogP contribution in [0, 0.1) is 0 Å². The van der Waals surface area contributed by atoms with Crippen molar-refractivity contribution in [3.8, 4) is 0 Å². The van der Waals surface area contributed by atoms with Crippen LogP contribution in [0.5, 0.6) is 0 Å². The number of hydrogen-bond acceptors (Lipinski definition) is 1. The van der Waals surface area contributed by atoms with E-state index in [-0.39, 0.29) is 5.91 Å². The summed E-state index contributed by atoms with van der Waals surface area (Å²) in [6, 6.07) is 3.89. The van der Waals surface area contributed by atoms with Gasteiger partial charge in [-0.1, -0.05) is 31.5 Å². The monoisotopic (exact) mass is 301 g/mol. The van der Waals surface area contributed by atoms with E-state index in [2.05, 4.69) is 12.2 Å². The molecule has 106 valence electrons. The Hall–Kier alpha value is -0.730. The number of carbonyl (C=O) groups is 1. The first kappa shape index (κ1) is 16.3. The topological polar surface area (TPSA) is 29.1 Å². The quantitative estimate of drug-likeness (QED) is 0.568.